The molecule has 3 heterocycles. The number of halogens is 2. The van der Waals surface area contributed by atoms with Crippen LogP contribution in [0.15, 0.2) is 36.7 Å². The number of piperidine rings is 1. The molecule has 4 rings (SSSR count). The third kappa shape index (κ3) is 6.44. The number of hydrogen-bond donors (Lipinski definition) is 3. The van der Waals surface area contributed by atoms with Crippen LogP contribution in [0.5, 0.6) is 0 Å². The molecule has 0 unspecified atom stereocenters. The number of urea groups is 1. The van der Waals surface area contributed by atoms with E-state index in [0.29, 0.717) is 38.3 Å². The molecule has 1 saturated heterocycles. The number of fused-ring (bicyclic) bond motifs is 1. The molecule has 0 bridgehead atoms. The summed E-state index contributed by atoms with van der Waals surface area (Å²) in [4.78, 5) is 36.3. The lowest BCUT2D eigenvalue weighted by Crippen LogP contribution is -2.37. The van der Waals surface area contributed by atoms with Gasteiger partial charge in [-0.1, -0.05) is 35.7 Å². The minimum Gasteiger partial charge on any atom is -0.351 e. The van der Waals surface area contributed by atoms with E-state index < -0.39 is 6.03 Å². The fourth-order valence-electron chi connectivity index (χ4n) is 3.65. The number of rotatable bonds is 7. The topological polar surface area (TPSA) is 99.2 Å². The molecule has 1 aromatic carbocycles. The first-order chi connectivity index (χ1) is 16.5. The number of thiophene rings is 1. The van der Waals surface area contributed by atoms with Crippen LogP contribution in [-0.2, 0) is 4.79 Å². The van der Waals surface area contributed by atoms with Crippen LogP contribution in [0.3, 0.4) is 0 Å². The van der Waals surface area contributed by atoms with Crippen molar-refractivity contribution in [1.29, 1.82) is 0 Å². The average molecular weight is 519 g/mol. The molecule has 3 amide bonds. The summed E-state index contributed by atoms with van der Waals surface area (Å²) in [6, 6.07) is 6.26. The molecular formula is C23H24Cl2N6O2S. The van der Waals surface area contributed by atoms with Gasteiger partial charge in [0.1, 0.15) is 6.33 Å². The largest absolute Gasteiger partial charge is 0.351 e. The summed E-state index contributed by atoms with van der Waals surface area (Å²) >= 11 is 13.6. The van der Waals surface area contributed by atoms with E-state index in [1.54, 1.807) is 24.3 Å². The molecule has 0 saturated carbocycles. The summed E-state index contributed by atoms with van der Waals surface area (Å²) in [5.41, 5.74) is 0.978. The van der Waals surface area contributed by atoms with Gasteiger partial charge in [0.25, 0.3) is 0 Å². The van der Waals surface area contributed by atoms with Crippen molar-refractivity contribution < 1.29 is 9.59 Å². The van der Waals surface area contributed by atoms with Crippen molar-refractivity contribution in [3.8, 4) is 0 Å². The number of hydrogen-bond acceptors (Lipinski definition) is 6. The van der Waals surface area contributed by atoms with Crippen molar-refractivity contribution in [3.63, 3.8) is 0 Å². The molecule has 3 aromatic rings. The third-order valence-corrected chi connectivity index (χ3v) is 7.06. The van der Waals surface area contributed by atoms with Gasteiger partial charge in [-0.3, -0.25) is 10.1 Å². The molecule has 178 valence electrons. The van der Waals surface area contributed by atoms with Gasteiger partial charge in [-0.15, -0.1) is 11.3 Å². The summed E-state index contributed by atoms with van der Waals surface area (Å²) < 4.78 is 0.688. The van der Waals surface area contributed by atoms with Crippen LogP contribution in [0.1, 0.15) is 24.1 Å². The smallest absolute Gasteiger partial charge is 0.324 e. The van der Waals surface area contributed by atoms with Crippen molar-refractivity contribution in [3.05, 3.63) is 51.6 Å². The van der Waals surface area contributed by atoms with Crippen LogP contribution in [-0.4, -0.2) is 53.0 Å². The van der Waals surface area contributed by atoms with E-state index in [9.17, 15) is 9.59 Å². The Labute approximate surface area is 211 Å². The van der Waals surface area contributed by atoms with Gasteiger partial charge < -0.3 is 15.5 Å². The highest BCUT2D eigenvalue weighted by Gasteiger charge is 2.14. The van der Waals surface area contributed by atoms with Crippen LogP contribution in [0, 0.1) is 0 Å². The van der Waals surface area contributed by atoms with Gasteiger partial charge in [-0.2, -0.15) is 0 Å². The van der Waals surface area contributed by atoms with Crippen molar-refractivity contribution in [2.75, 3.05) is 36.8 Å². The molecule has 0 spiro atoms. The van der Waals surface area contributed by atoms with E-state index in [0.717, 1.165) is 24.5 Å². The van der Waals surface area contributed by atoms with Crippen LogP contribution in [0.2, 0.25) is 10.0 Å². The molecule has 0 aliphatic carbocycles. The summed E-state index contributed by atoms with van der Waals surface area (Å²) in [6.07, 6.45) is 8.37. The molecule has 1 fully saturated rings. The Balaban J connectivity index is 1.36. The highest BCUT2D eigenvalue weighted by atomic mass is 35.5. The van der Waals surface area contributed by atoms with Crippen molar-refractivity contribution >= 4 is 74.3 Å². The fraction of sp³-hybridized carbons (Fsp3) is 0.304. The minimum atomic E-state index is -0.534. The molecule has 0 atom stereocenters. The van der Waals surface area contributed by atoms with Gasteiger partial charge in [-0.25, -0.2) is 14.8 Å². The summed E-state index contributed by atoms with van der Waals surface area (Å²) in [7, 11) is 0. The summed E-state index contributed by atoms with van der Waals surface area (Å²) in [5.74, 6) is 0.205. The molecular weight excluding hydrogens is 495 g/mol. The van der Waals surface area contributed by atoms with Crippen molar-refractivity contribution in [2.24, 2.45) is 0 Å². The Kier molecular flexibility index (Phi) is 8.34. The maximum Gasteiger partial charge on any atom is 0.324 e. The number of amides is 3. The number of nitrogens with one attached hydrogen (secondary N) is 3. The molecule has 11 heteroatoms. The lowest BCUT2D eigenvalue weighted by molar-refractivity contribution is -0.116. The molecule has 2 aromatic heterocycles. The van der Waals surface area contributed by atoms with Gasteiger partial charge in [-0.05, 0) is 50.2 Å². The van der Waals surface area contributed by atoms with Gasteiger partial charge in [0.05, 0.1) is 25.9 Å². The van der Waals surface area contributed by atoms with Crippen LogP contribution in [0.25, 0.3) is 16.3 Å². The first-order valence-electron chi connectivity index (χ1n) is 10.9. The summed E-state index contributed by atoms with van der Waals surface area (Å²) in [6.45, 7) is 3.71. The second-order valence-electron chi connectivity index (χ2n) is 7.79. The normalized spacial score (nSPS) is 14.4. The Morgan fingerprint density at radius 1 is 1.09 bits per heavy atom. The second kappa shape index (κ2) is 11.6. The number of benzene rings is 1. The number of nitrogens with zero attached hydrogens (tertiary/aromatic N) is 3. The monoisotopic (exact) mass is 518 g/mol. The Hall–Kier alpha value is -2.72. The highest BCUT2D eigenvalue weighted by Crippen LogP contribution is 2.32. The number of para-hydroxylation sites is 1. The van der Waals surface area contributed by atoms with E-state index in [-0.39, 0.29) is 5.91 Å². The lowest BCUT2D eigenvalue weighted by Gasteiger charge is -2.26. The zero-order chi connectivity index (χ0) is 23.9. The summed E-state index contributed by atoms with van der Waals surface area (Å²) in [5, 5.41) is 8.93. The van der Waals surface area contributed by atoms with Gasteiger partial charge in [0.2, 0.25) is 5.91 Å². The van der Waals surface area contributed by atoms with Crippen LogP contribution >= 0.6 is 34.5 Å². The van der Waals surface area contributed by atoms with Gasteiger partial charge in [0.15, 0.2) is 5.82 Å². The highest BCUT2D eigenvalue weighted by molar-refractivity contribution is 7.20. The van der Waals surface area contributed by atoms with E-state index in [1.807, 2.05) is 6.07 Å². The lowest BCUT2D eigenvalue weighted by atomic mass is 10.1. The van der Waals surface area contributed by atoms with Crippen molar-refractivity contribution in [2.45, 2.75) is 19.3 Å². The SMILES string of the molecule is O=C(C=Cc1cc2ncnc(NC(=O)Nc3c(Cl)cccc3Cl)c2s1)NCCN1CCCCC1. The van der Waals surface area contributed by atoms with E-state index in [1.165, 1.54) is 43.0 Å². The number of carbonyl (C=O) groups is 2. The molecule has 0 radical (unpaired) electrons. The predicted octanol–water partition coefficient (Wildman–Crippen LogP) is 5.26. The Morgan fingerprint density at radius 3 is 2.62 bits per heavy atom. The number of carbonyl (C=O) groups excluding carboxylic acids is 2. The number of anilines is 2. The molecule has 3 N–H and O–H groups in total. The van der Waals surface area contributed by atoms with Gasteiger partial charge in [0, 0.05) is 24.0 Å². The zero-order valence-corrected chi connectivity index (χ0v) is 20.6. The van der Waals surface area contributed by atoms with E-state index in [2.05, 4.69) is 30.8 Å². The Bertz CT molecular complexity index is 1190. The second-order valence-corrected chi connectivity index (χ2v) is 9.69. The minimum absolute atomic E-state index is 0.144. The number of likely N-dealkylation sites (tertiary alicyclic amines) is 1. The zero-order valence-electron chi connectivity index (χ0n) is 18.3. The van der Waals surface area contributed by atoms with E-state index in [4.69, 9.17) is 23.2 Å². The maximum absolute atomic E-state index is 12.5. The van der Waals surface area contributed by atoms with Crippen LogP contribution < -0.4 is 16.0 Å². The first-order valence-corrected chi connectivity index (χ1v) is 12.5. The molecule has 1 aliphatic rings. The first kappa shape index (κ1) is 24.4. The standard InChI is InChI=1S/C23H24Cl2N6O2S/c24-16-5-4-6-17(25)20(16)29-23(33)30-22-21-18(27-14-28-22)13-15(34-21)7-8-19(32)26-9-12-31-10-2-1-3-11-31/h4-8,13-14H,1-3,9-12H2,(H,26,32)(H2,27,28,29,30,33). The molecule has 1 aliphatic heterocycles. The number of aromatic nitrogens is 2. The quantitative estimate of drug-likeness (QED) is 0.370. The molecule has 8 nitrogen and oxygen atoms in total. The van der Waals surface area contributed by atoms with Crippen molar-refractivity contribution in [1.82, 2.24) is 20.2 Å². The van der Waals surface area contributed by atoms with Crippen LogP contribution in [0.4, 0.5) is 16.3 Å². The average Bonchev–Trinajstić information content (AvgIpc) is 3.25. The third-order valence-electron chi connectivity index (χ3n) is 5.34. The molecule has 34 heavy (non-hydrogen) atoms. The Morgan fingerprint density at radius 2 is 1.85 bits per heavy atom. The predicted molar refractivity (Wildman–Crippen MR) is 139 cm³/mol. The van der Waals surface area contributed by atoms with Gasteiger partial charge >= 0.3 is 6.03 Å². The fourth-order valence-corrected chi connectivity index (χ4v) is 5.10. The maximum atomic E-state index is 12.5. The van der Waals surface area contributed by atoms with E-state index >= 15 is 0 Å².